The first-order chi connectivity index (χ1) is 13.9. The molecule has 150 valence electrons. The zero-order chi connectivity index (χ0) is 20.6. The largest absolute Gasteiger partial charge is 0.436 e. The Morgan fingerprint density at radius 1 is 1.14 bits per heavy atom. The van der Waals surface area contributed by atoms with Crippen LogP contribution in [0.1, 0.15) is 16.8 Å². The van der Waals surface area contributed by atoms with Gasteiger partial charge in [-0.05, 0) is 30.7 Å². The second-order valence-corrected chi connectivity index (χ2v) is 9.26. The monoisotopic (exact) mass is 414 g/mol. The Kier molecular flexibility index (Phi) is 4.96. The average Bonchev–Trinajstić information content (AvgIpc) is 3.34. The van der Waals surface area contributed by atoms with Crippen molar-refractivity contribution >= 4 is 15.7 Å². The third-order valence-corrected chi connectivity index (χ3v) is 6.86. The number of benzene rings is 2. The molecular weight excluding hydrogens is 395 g/mol. The van der Waals surface area contributed by atoms with E-state index in [-0.39, 0.29) is 40.7 Å². The minimum absolute atomic E-state index is 0.0339. The highest BCUT2D eigenvalue weighted by atomic mass is 32.2. The van der Waals surface area contributed by atoms with E-state index in [2.05, 4.69) is 4.98 Å². The van der Waals surface area contributed by atoms with Crippen LogP contribution in [0.3, 0.4) is 0 Å². The van der Waals surface area contributed by atoms with Crippen LogP contribution in [0.5, 0.6) is 0 Å². The maximum atomic E-state index is 14.0. The second kappa shape index (κ2) is 7.44. The highest BCUT2D eigenvalue weighted by molar-refractivity contribution is 7.91. The van der Waals surface area contributed by atoms with Gasteiger partial charge in [0.2, 0.25) is 5.89 Å². The minimum atomic E-state index is -3.11. The lowest BCUT2D eigenvalue weighted by Crippen LogP contribution is -2.38. The normalized spacial score (nSPS) is 17.9. The van der Waals surface area contributed by atoms with Gasteiger partial charge in [-0.3, -0.25) is 4.79 Å². The molecule has 0 saturated carbocycles. The molecule has 1 aromatic heterocycles. The maximum absolute atomic E-state index is 14.0. The van der Waals surface area contributed by atoms with Gasteiger partial charge in [-0.15, -0.1) is 0 Å². The standard InChI is InChI=1S/C21H19FN2O4S/c1-24(14-10-11-29(26,27)13-14)21(25)16-7-3-2-6-15(16)20-23-12-19(28-20)17-8-4-5-9-18(17)22/h2-9,12,14H,10-11,13H2,1H3. The van der Waals surface area contributed by atoms with Crippen LogP contribution in [0.4, 0.5) is 4.39 Å². The summed E-state index contributed by atoms with van der Waals surface area (Å²) in [6, 6.07) is 12.7. The molecule has 0 spiro atoms. The van der Waals surface area contributed by atoms with Gasteiger partial charge in [0.1, 0.15) is 5.82 Å². The smallest absolute Gasteiger partial charge is 0.254 e. The van der Waals surface area contributed by atoms with Crippen molar-refractivity contribution in [2.24, 2.45) is 0 Å². The molecule has 1 atom stereocenters. The Labute approximate surface area is 167 Å². The van der Waals surface area contributed by atoms with E-state index in [0.717, 1.165) is 0 Å². The zero-order valence-corrected chi connectivity index (χ0v) is 16.5. The summed E-state index contributed by atoms with van der Waals surface area (Å²) in [5, 5.41) is 0. The van der Waals surface area contributed by atoms with Gasteiger partial charge in [-0.25, -0.2) is 17.8 Å². The first-order valence-corrected chi connectivity index (χ1v) is 11.0. The summed E-state index contributed by atoms with van der Waals surface area (Å²) in [5.41, 5.74) is 1.09. The Hall–Kier alpha value is -3.00. The lowest BCUT2D eigenvalue weighted by molar-refractivity contribution is 0.0748. The summed E-state index contributed by atoms with van der Waals surface area (Å²) in [5.74, 6) is -0.235. The van der Waals surface area contributed by atoms with Gasteiger partial charge in [-0.2, -0.15) is 0 Å². The Morgan fingerprint density at radius 3 is 2.52 bits per heavy atom. The van der Waals surface area contributed by atoms with Gasteiger partial charge in [0, 0.05) is 18.7 Å². The lowest BCUT2D eigenvalue weighted by Gasteiger charge is -2.24. The zero-order valence-electron chi connectivity index (χ0n) is 15.7. The number of rotatable bonds is 4. The molecule has 0 bridgehead atoms. The highest BCUT2D eigenvalue weighted by Crippen LogP contribution is 2.30. The summed E-state index contributed by atoms with van der Waals surface area (Å²) in [6.07, 6.45) is 1.84. The van der Waals surface area contributed by atoms with Crippen molar-refractivity contribution in [3.63, 3.8) is 0 Å². The summed E-state index contributed by atoms with van der Waals surface area (Å²) in [7, 11) is -1.51. The fraction of sp³-hybridized carbons (Fsp3) is 0.238. The summed E-state index contributed by atoms with van der Waals surface area (Å²) in [4.78, 5) is 18.8. The predicted molar refractivity (Wildman–Crippen MR) is 106 cm³/mol. The molecule has 29 heavy (non-hydrogen) atoms. The third-order valence-electron chi connectivity index (χ3n) is 5.11. The van der Waals surface area contributed by atoms with Crippen LogP contribution >= 0.6 is 0 Å². The molecule has 1 aliphatic heterocycles. The van der Waals surface area contributed by atoms with E-state index >= 15 is 0 Å². The third kappa shape index (κ3) is 3.80. The van der Waals surface area contributed by atoms with Crippen LogP contribution in [0, 0.1) is 5.82 Å². The Morgan fingerprint density at radius 2 is 1.83 bits per heavy atom. The predicted octanol–water partition coefficient (Wildman–Crippen LogP) is 3.41. The Balaban J connectivity index is 1.66. The minimum Gasteiger partial charge on any atom is -0.436 e. The van der Waals surface area contributed by atoms with Crippen molar-refractivity contribution in [1.29, 1.82) is 0 Å². The van der Waals surface area contributed by atoms with E-state index in [1.165, 1.54) is 17.2 Å². The lowest BCUT2D eigenvalue weighted by atomic mass is 10.1. The molecule has 3 aromatic rings. The number of carbonyl (C=O) groups is 1. The van der Waals surface area contributed by atoms with Crippen LogP contribution in [0.2, 0.25) is 0 Å². The first kappa shape index (κ1) is 19.3. The van der Waals surface area contributed by atoms with E-state index in [4.69, 9.17) is 4.42 Å². The summed E-state index contributed by atoms with van der Waals surface area (Å²) >= 11 is 0. The van der Waals surface area contributed by atoms with Crippen LogP contribution in [-0.4, -0.2) is 48.8 Å². The number of sulfone groups is 1. The quantitative estimate of drug-likeness (QED) is 0.654. The van der Waals surface area contributed by atoms with E-state index < -0.39 is 15.7 Å². The van der Waals surface area contributed by atoms with E-state index in [1.54, 1.807) is 49.5 Å². The van der Waals surface area contributed by atoms with Crippen molar-refractivity contribution in [3.05, 3.63) is 66.1 Å². The topological polar surface area (TPSA) is 80.5 Å². The van der Waals surface area contributed by atoms with Crippen molar-refractivity contribution in [3.8, 4) is 22.8 Å². The van der Waals surface area contributed by atoms with Crippen LogP contribution in [0.15, 0.2) is 59.1 Å². The van der Waals surface area contributed by atoms with E-state index in [1.807, 2.05) is 0 Å². The molecule has 0 aliphatic carbocycles. The van der Waals surface area contributed by atoms with Gasteiger partial charge in [-0.1, -0.05) is 24.3 Å². The number of aromatic nitrogens is 1. The fourth-order valence-electron chi connectivity index (χ4n) is 3.48. The molecule has 1 unspecified atom stereocenters. The molecule has 1 aliphatic rings. The highest BCUT2D eigenvalue weighted by Gasteiger charge is 2.33. The van der Waals surface area contributed by atoms with E-state index in [0.29, 0.717) is 17.5 Å². The number of nitrogens with zero attached hydrogens (tertiary/aromatic N) is 2. The molecule has 6 nitrogen and oxygen atoms in total. The molecule has 1 amide bonds. The van der Waals surface area contributed by atoms with Crippen LogP contribution in [0.25, 0.3) is 22.8 Å². The molecule has 0 N–H and O–H groups in total. The summed E-state index contributed by atoms with van der Waals surface area (Å²) < 4.78 is 43.3. The number of hydrogen-bond acceptors (Lipinski definition) is 5. The maximum Gasteiger partial charge on any atom is 0.254 e. The number of oxazole rings is 1. The van der Waals surface area contributed by atoms with Gasteiger partial charge >= 0.3 is 0 Å². The van der Waals surface area contributed by atoms with Crippen molar-refractivity contribution in [2.75, 3.05) is 18.6 Å². The molecule has 2 aromatic carbocycles. The van der Waals surface area contributed by atoms with Gasteiger partial charge < -0.3 is 9.32 Å². The van der Waals surface area contributed by atoms with Crippen molar-refractivity contribution in [1.82, 2.24) is 9.88 Å². The SMILES string of the molecule is CN(C(=O)c1ccccc1-c1ncc(-c2ccccc2F)o1)C1CCS(=O)(=O)C1. The second-order valence-electron chi connectivity index (χ2n) is 7.03. The number of hydrogen-bond donors (Lipinski definition) is 0. The van der Waals surface area contributed by atoms with Gasteiger partial charge in [0.15, 0.2) is 15.6 Å². The molecular formula is C21H19FN2O4S. The number of amides is 1. The van der Waals surface area contributed by atoms with Crippen LogP contribution < -0.4 is 0 Å². The molecule has 4 rings (SSSR count). The van der Waals surface area contributed by atoms with Crippen LogP contribution in [-0.2, 0) is 9.84 Å². The number of halogens is 1. The average molecular weight is 414 g/mol. The van der Waals surface area contributed by atoms with Crippen molar-refractivity contribution < 1.29 is 22.0 Å². The fourth-order valence-corrected chi connectivity index (χ4v) is 5.25. The Bertz CT molecular complexity index is 1170. The summed E-state index contributed by atoms with van der Waals surface area (Å²) in [6.45, 7) is 0. The molecule has 1 fully saturated rings. The molecule has 0 radical (unpaired) electrons. The molecule has 2 heterocycles. The van der Waals surface area contributed by atoms with Gasteiger partial charge in [0.25, 0.3) is 5.91 Å². The van der Waals surface area contributed by atoms with Crippen molar-refractivity contribution in [2.45, 2.75) is 12.5 Å². The molecule has 8 heteroatoms. The molecule has 1 saturated heterocycles. The first-order valence-electron chi connectivity index (χ1n) is 9.13. The number of carbonyl (C=O) groups excluding carboxylic acids is 1. The van der Waals surface area contributed by atoms with E-state index in [9.17, 15) is 17.6 Å². The van der Waals surface area contributed by atoms with Gasteiger partial charge in [0.05, 0.1) is 28.8 Å².